The van der Waals surface area contributed by atoms with Gasteiger partial charge in [-0.3, -0.25) is 4.79 Å². The molecule has 0 radical (unpaired) electrons. The van der Waals surface area contributed by atoms with E-state index in [4.69, 9.17) is 11.7 Å². The number of halogens is 2. The minimum Gasteiger partial charge on any atom is -0.306 e. The molecule has 2 rings (SSSR count). The number of hydrogen-bond donors (Lipinski definition) is 0. The van der Waals surface area contributed by atoms with Crippen molar-refractivity contribution < 1.29 is 13.6 Å². The summed E-state index contributed by atoms with van der Waals surface area (Å²) in [6.07, 6.45) is 5.28. The number of carbonyl (C=O) groups is 1. The Bertz CT molecular complexity index is 575. The quantitative estimate of drug-likeness (QED) is 0.709. The molecule has 0 bridgehead atoms. The van der Waals surface area contributed by atoms with E-state index in [1.54, 1.807) is 6.07 Å². The zero-order chi connectivity index (χ0) is 13.3. The third-order valence-electron chi connectivity index (χ3n) is 2.78. The van der Waals surface area contributed by atoms with Crippen molar-refractivity contribution in [2.45, 2.75) is 6.42 Å². The summed E-state index contributed by atoms with van der Waals surface area (Å²) in [4.78, 5) is 12.6. The van der Waals surface area contributed by atoms with Crippen molar-refractivity contribution >= 4 is 11.6 Å². The molecule has 1 fully saturated rings. The molecule has 0 saturated carbocycles. The summed E-state index contributed by atoms with van der Waals surface area (Å²) in [5.74, 6) is -0.227. The van der Waals surface area contributed by atoms with Crippen LogP contribution in [0.2, 0.25) is 0 Å². The molecule has 5 heteroatoms. The Kier molecular flexibility index (Phi) is 2.99. The third kappa shape index (κ3) is 1.91. The van der Waals surface area contributed by atoms with Crippen LogP contribution in [0.5, 0.6) is 0 Å². The topological polar surface area (TPSA) is 44.1 Å². The highest BCUT2D eigenvalue weighted by Crippen LogP contribution is 2.30. The summed E-state index contributed by atoms with van der Waals surface area (Å²) < 4.78 is 27.4. The second-order valence-corrected chi connectivity index (χ2v) is 3.97. The molecule has 3 nitrogen and oxygen atoms in total. The Balaban J connectivity index is 2.45. The van der Waals surface area contributed by atoms with Crippen LogP contribution < -0.4 is 4.90 Å². The lowest BCUT2D eigenvalue weighted by atomic mass is 10.1. The number of benzene rings is 1. The molecule has 1 atom stereocenters. The van der Waals surface area contributed by atoms with Crippen molar-refractivity contribution in [2.24, 2.45) is 5.92 Å². The first-order valence-electron chi connectivity index (χ1n) is 5.22. The van der Waals surface area contributed by atoms with Gasteiger partial charge in [-0.25, -0.2) is 8.78 Å². The van der Waals surface area contributed by atoms with Crippen LogP contribution in [-0.4, -0.2) is 12.5 Å². The van der Waals surface area contributed by atoms with Gasteiger partial charge in [0, 0.05) is 18.9 Å². The molecular formula is C13H8F2N2O. The van der Waals surface area contributed by atoms with E-state index in [9.17, 15) is 13.6 Å². The first-order chi connectivity index (χ1) is 8.56. The summed E-state index contributed by atoms with van der Waals surface area (Å²) in [6.45, 7) is 0.0923. The van der Waals surface area contributed by atoms with Gasteiger partial charge in [-0.1, -0.05) is 0 Å². The smallest absolute Gasteiger partial charge is 0.228 e. The molecule has 1 aromatic carbocycles. The molecule has 1 aliphatic heterocycles. The number of carbonyl (C=O) groups excluding carboxylic acids is 1. The van der Waals surface area contributed by atoms with Crippen molar-refractivity contribution in [2.75, 3.05) is 11.4 Å². The van der Waals surface area contributed by atoms with Crippen LogP contribution in [0.4, 0.5) is 14.5 Å². The van der Waals surface area contributed by atoms with Crippen molar-refractivity contribution in [3.8, 4) is 18.4 Å². The standard InChI is InChI=1S/C13H8F2N2O/c1-2-8-5-12(18)17(7-8)13-10(14)3-9(6-16)4-11(13)15/h1,3-4,8H,5,7H2. The number of rotatable bonds is 1. The van der Waals surface area contributed by atoms with Gasteiger partial charge in [0.2, 0.25) is 5.91 Å². The number of amides is 1. The Morgan fingerprint density at radius 3 is 2.44 bits per heavy atom. The Labute approximate surface area is 103 Å². The van der Waals surface area contributed by atoms with Gasteiger partial charge in [0.25, 0.3) is 0 Å². The predicted octanol–water partition coefficient (Wildman–Crippen LogP) is 1.82. The van der Waals surface area contributed by atoms with Gasteiger partial charge < -0.3 is 4.90 Å². The molecule has 1 aliphatic rings. The Morgan fingerprint density at radius 1 is 1.39 bits per heavy atom. The minimum absolute atomic E-state index is 0.0788. The van der Waals surface area contributed by atoms with E-state index >= 15 is 0 Å². The second kappa shape index (κ2) is 4.46. The highest BCUT2D eigenvalue weighted by atomic mass is 19.1. The van der Waals surface area contributed by atoms with Gasteiger partial charge in [0.05, 0.1) is 11.6 Å². The summed E-state index contributed by atoms with van der Waals surface area (Å²) in [7, 11) is 0. The van der Waals surface area contributed by atoms with Gasteiger partial charge in [0.1, 0.15) is 5.69 Å². The number of terminal acetylenes is 1. The molecule has 1 heterocycles. The molecule has 90 valence electrons. The van der Waals surface area contributed by atoms with Crippen LogP contribution in [0.25, 0.3) is 0 Å². The van der Waals surface area contributed by atoms with Crippen LogP contribution in [0.15, 0.2) is 12.1 Å². The molecule has 1 amide bonds. The fraction of sp³-hybridized carbons (Fsp3) is 0.231. The molecule has 0 aromatic heterocycles. The van der Waals surface area contributed by atoms with Gasteiger partial charge in [-0.05, 0) is 12.1 Å². The summed E-state index contributed by atoms with van der Waals surface area (Å²) in [6, 6.07) is 3.44. The number of nitrogens with zero attached hydrogens (tertiary/aromatic N) is 2. The lowest BCUT2D eigenvalue weighted by molar-refractivity contribution is -0.117. The van der Waals surface area contributed by atoms with Crippen LogP contribution >= 0.6 is 0 Å². The molecule has 1 aromatic rings. The lowest BCUT2D eigenvalue weighted by Crippen LogP contribution is -2.26. The fourth-order valence-electron chi connectivity index (χ4n) is 1.92. The van der Waals surface area contributed by atoms with Crippen molar-refractivity contribution in [1.29, 1.82) is 5.26 Å². The fourth-order valence-corrected chi connectivity index (χ4v) is 1.92. The maximum absolute atomic E-state index is 13.7. The Morgan fingerprint density at radius 2 is 2.00 bits per heavy atom. The highest BCUT2D eigenvalue weighted by molar-refractivity contribution is 5.96. The number of nitriles is 1. The van der Waals surface area contributed by atoms with Gasteiger partial charge in [-0.15, -0.1) is 12.3 Å². The molecule has 18 heavy (non-hydrogen) atoms. The van der Waals surface area contributed by atoms with E-state index in [1.807, 2.05) is 0 Å². The van der Waals surface area contributed by atoms with Crippen LogP contribution in [0.1, 0.15) is 12.0 Å². The van der Waals surface area contributed by atoms with Gasteiger partial charge in [0.15, 0.2) is 11.6 Å². The zero-order valence-electron chi connectivity index (χ0n) is 9.28. The average molecular weight is 246 g/mol. The van der Waals surface area contributed by atoms with Gasteiger partial charge in [-0.2, -0.15) is 5.26 Å². The number of hydrogen-bond acceptors (Lipinski definition) is 2. The maximum Gasteiger partial charge on any atom is 0.228 e. The maximum atomic E-state index is 13.7. The molecule has 0 aliphatic carbocycles. The first kappa shape index (κ1) is 12.1. The lowest BCUT2D eigenvalue weighted by Gasteiger charge is -2.17. The van der Waals surface area contributed by atoms with E-state index in [1.165, 1.54) is 0 Å². The third-order valence-corrected chi connectivity index (χ3v) is 2.78. The largest absolute Gasteiger partial charge is 0.306 e. The second-order valence-electron chi connectivity index (χ2n) is 3.97. The predicted molar refractivity (Wildman–Crippen MR) is 60.4 cm³/mol. The normalized spacial score (nSPS) is 18.6. The summed E-state index contributed by atoms with van der Waals surface area (Å²) in [5.41, 5.74) is -0.564. The van der Waals surface area contributed by atoms with Gasteiger partial charge >= 0.3 is 0 Å². The van der Waals surface area contributed by atoms with E-state index in [2.05, 4.69) is 5.92 Å². The van der Waals surface area contributed by atoms with E-state index in [-0.39, 0.29) is 24.4 Å². The molecule has 1 unspecified atom stereocenters. The van der Waals surface area contributed by atoms with Crippen molar-refractivity contribution in [3.63, 3.8) is 0 Å². The summed E-state index contributed by atoms with van der Waals surface area (Å²) >= 11 is 0. The minimum atomic E-state index is -0.933. The molecule has 0 spiro atoms. The zero-order valence-corrected chi connectivity index (χ0v) is 9.28. The van der Waals surface area contributed by atoms with E-state index < -0.39 is 23.2 Å². The van der Waals surface area contributed by atoms with Crippen LogP contribution in [0, 0.1) is 41.2 Å². The van der Waals surface area contributed by atoms with Crippen LogP contribution in [-0.2, 0) is 4.79 Å². The van der Waals surface area contributed by atoms with E-state index in [0.29, 0.717) is 0 Å². The Hall–Kier alpha value is -2.40. The molecule has 1 saturated heterocycles. The molecular weight excluding hydrogens is 238 g/mol. The SMILES string of the molecule is C#CC1CC(=O)N(c2c(F)cc(C#N)cc2F)C1. The average Bonchev–Trinajstić information content (AvgIpc) is 2.70. The number of anilines is 1. The monoisotopic (exact) mass is 246 g/mol. The van der Waals surface area contributed by atoms with Crippen molar-refractivity contribution in [1.82, 2.24) is 0 Å². The molecule has 0 N–H and O–H groups in total. The summed E-state index contributed by atoms with van der Waals surface area (Å²) in [5, 5.41) is 8.58. The van der Waals surface area contributed by atoms with E-state index in [0.717, 1.165) is 17.0 Å². The highest BCUT2D eigenvalue weighted by Gasteiger charge is 2.33. The van der Waals surface area contributed by atoms with Crippen molar-refractivity contribution in [3.05, 3.63) is 29.3 Å². The van der Waals surface area contributed by atoms with Crippen LogP contribution in [0.3, 0.4) is 0 Å². The first-order valence-corrected chi connectivity index (χ1v) is 5.22.